The maximum absolute atomic E-state index is 11.0. The standard InChI is InChI=1S/C12H13NO4/c1-2-6-11(14)13-17-12(15)16-9-10-7-4-3-5-8-10/h2-5,7-8H,1,6,9H2,(H,13,14). The van der Waals surface area contributed by atoms with Crippen molar-refractivity contribution in [3.05, 3.63) is 48.6 Å². The first kappa shape index (κ1) is 12.8. The van der Waals surface area contributed by atoms with Crippen LogP contribution in [0.5, 0.6) is 0 Å². The van der Waals surface area contributed by atoms with E-state index >= 15 is 0 Å². The van der Waals surface area contributed by atoms with Gasteiger partial charge < -0.3 is 9.57 Å². The van der Waals surface area contributed by atoms with Crippen molar-refractivity contribution >= 4 is 12.1 Å². The number of rotatable bonds is 4. The van der Waals surface area contributed by atoms with Gasteiger partial charge in [-0.1, -0.05) is 36.4 Å². The second kappa shape index (κ2) is 7.05. The Morgan fingerprint density at radius 1 is 1.29 bits per heavy atom. The van der Waals surface area contributed by atoms with Gasteiger partial charge in [-0.25, -0.2) is 4.79 Å². The highest BCUT2D eigenvalue weighted by molar-refractivity contribution is 5.77. The maximum Gasteiger partial charge on any atom is 0.533 e. The first-order chi connectivity index (χ1) is 8.22. The van der Waals surface area contributed by atoms with Crippen LogP contribution in [0.15, 0.2) is 43.0 Å². The van der Waals surface area contributed by atoms with Gasteiger partial charge in [-0.2, -0.15) is 5.48 Å². The van der Waals surface area contributed by atoms with Crippen molar-refractivity contribution in [3.8, 4) is 0 Å². The van der Waals surface area contributed by atoms with E-state index in [0.29, 0.717) is 0 Å². The first-order valence-electron chi connectivity index (χ1n) is 4.99. The average Bonchev–Trinajstić information content (AvgIpc) is 2.35. The minimum Gasteiger partial charge on any atom is -0.428 e. The van der Waals surface area contributed by atoms with Crippen LogP contribution in [0.25, 0.3) is 0 Å². The lowest BCUT2D eigenvalue weighted by molar-refractivity contribution is -0.130. The van der Waals surface area contributed by atoms with Gasteiger partial charge in [0.15, 0.2) is 0 Å². The fourth-order valence-electron chi connectivity index (χ4n) is 1.02. The third kappa shape index (κ3) is 5.36. The van der Waals surface area contributed by atoms with E-state index in [9.17, 15) is 9.59 Å². The molecular weight excluding hydrogens is 222 g/mol. The molecule has 0 saturated heterocycles. The number of hydrogen-bond acceptors (Lipinski definition) is 4. The van der Waals surface area contributed by atoms with Gasteiger partial charge in [0.1, 0.15) is 6.61 Å². The van der Waals surface area contributed by atoms with Gasteiger partial charge in [-0.3, -0.25) is 4.79 Å². The van der Waals surface area contributed by atoms with Crippen molar-refractivity contribution in [1.82, 2.24) is 5.48 Å². The summed E-state index contributed by atoms with van der Waals surface area (Å²) in [5, 5.41) is 0. The summed E-state index contributed by atoms with van der Waals surface area (Å²) >= 11 is 0. The minimum atomic E-state index is -0.953. The molecule has 0 bridgehead atoms. The Kier molecular flexibility index (Phi) is 5.30. The van der Waals surface area contributed by atoms with Crippen molar-refractivity contribution < 1.29 is 19.2 Å². The fraction of sp³-hybridized carbons (Fsp3) is 0.167. The van der Waals surface area contributed by atoms with Crippen LogP contribution in [-0.2, 0) is 21.0 Å². The number of carbonyl (C=O) groups excluding carboxylic acids is 2. The topological polar surface area (TPSA) is 64.6 Å². The van der Waals surface area contributed by atoms with E-state index in [1.807, 2.05) is 35.8 Å². The van der Waals surface area contributed by atoms with Crippen LogP contribution in [0.3, 0.4) is 0 Å². The van der Waals surface area contributed by atoms with E-state index in [-0.39, 0.29) is 13.0 Å². The molecule has 1 aromatic rings. The van der Waals surface area contributed by atoms with Crippen LogP contribution in [0, 0.1) is 0 Å². The third-order valence-electron chi connectivity index (χ3n) is 1.78. The average molecular weight is 235 g/mol. The summed E-state index contributed by atoms with van der Waals surface area (Å²) in [4.78, 5) is 26.3. The molecule has 0 unspecified atom stereocenters. The van der Waals surface area contributed by atoms with Crippen molar-refractivity contribution in [2.24, 2.45) is 0 Å². The van der Waals surface area contributed by atoms with Crippen molar-refractivity contribution in [1.29, 1.82) is 0 Å². The molecule has 1 rings (SSSR count). The van der Waals surface area contributed by atoms with Crippen molar-refractivity contribution in [3.63, 3.8) is 0 Å². The SMILES string of the molecule is C=CCC(=O)NOC(=O)OCc1ccccc1. The quantitative estimate of drug-likeness (QED) is 0.492. The summed E-state index contributed by atoms with van der Waals surface area (Å²) in [5.74, 6) is -0.461. The van der Waals surface area contributed by atoms with E-state index in [0.717, 1.165) is 5.56 Å². The third-order valence-corrected chi connectivity index (χ3v) is 1.78. The molecule has 0 fully saturated rings. The van der Waals surface area contributed by atoms with E-state index < -0.39 is 12.1 Å². The molecule has 0 aliphatic heterocycles. The molecule has 1 amide bonds. The summed E-state index contributed by atoms with van der Waals surface area (Å²) in [7, 11) is 0. The van der Waals surface area contributed by atoms with E-state index in [1.165, 1.54) is 6.08 Å². The molecule has 5 nitrogen and oxygen atoms in total. The predicted molar refractivity (Wildman–Crippen MR) is 60.7 cm³/mol. The lowest BCUT2D eigenvalue weighted by atomic mass is 10.2. The Hall–Kier alpha value is -2.30. The molecular formula is C12H13NO4. The highest BCUT2D eigenvalue weighted by atomic mass is 16.8. The predicted octanol–water partition coefficient (Wildman–Crippen LogP) is 1.95. The molecule has 90 valence electrons. The molecule has 17 heavy (non-hydrogen) atoms. The second-order valence-electron chi connectivity index (χ2n) is 3.14. The van der Waals surface area contributed by atoms with Gasteiger partial charge in [0.25, 0.3) is 5.91 Å². The Balaban J connectivity index is 2.22. The van der Waals surface area contributed by atoms with E-state index in [1.54, 1.807) is 0 Å². The number of benzene rings is 1. The Labute approximate surface area is 99.0 Å². The molecule has 5 heteroatoms. The number of ether oxygens (including phenoxy) is 1. The van der Waals surface area contributed by atoms with Crippen molar-refractivity contribution in [2.75, 3.05) is 0 Å². The van der Waals surface area contributed by atoms with Gasteiger partial charge in [-0.05, 0) is 5.56 Å². The van der Waals surface area contributed by atoms with Gasteiger partial charge >= 0.3 is 6.16 Å². The van der Waals surface area contributed by atoms with Gasteiger partial charge in [0, 0.05) is 6.42 Å². The lowest BCUT2D eigenvalue weighted by Gasteiger charge is -2.05. The molecule has 0 aliphatic carbocycles. The largest absolute Gasteiger partial charge is 0.533 e. The van der Waals surface area contributed by atoms with Gasteiger partial charge in [-0.15, -0.1) is 6.58 Å². The van der Waals surface area contributed by atoms with Crippen LogP contribution in [0.2, 0.25) is 0 Å². The molecule has 0 aromatic heterocycles. The fourth-order valence-corrected chi connectivity index (χ4v) is 1.02. The number of carbonyl (C=O) groups is 2. The molecule has 0 aliphatic rings. The van der Waals surface area contributed by atoms with E-state index in [4.69, 9.17) is 4.74 Å². The molecule has 0 radical (unpaired) electrons. The molecule has 1 aromatic carbocycles. The van der Waals surface area contributed by atoms with E-state index in [2.05, 4.69) is 11.4 Å². The van der Waals surface area contributed by atoms with Gasteiger partial charge in [0.2, 0.25) is 0 Å². The lowest BCUT2D eigenvalue weighted by Crippen LogP contribution is -2.26. The van der Waals surface area contributed by atoms with Crippen molar-refractivity contribution in [2.45, 2.75) is 13.0 Å². The summed E-state index contributed by atoms with van der Waals surface area (Å²) in [6.45, 7) is 3.47. The zero-order chi connectivity index (χ0) is 12.5. The Morgan fingerprint density at radius 3 is 2.65 bits per heavy atom. The molecule has 0 atom stereocenters. The summed E-state index contributed by atoms with van der Waals surface area (Å²) in [6, 6.07) is 9.14. The summed E-state index contributed by atoms with van der Waals surface area (Å²) < 4.78 is 4.75. The smallest absolute Gasteiger partial charge is 0.428 e. The van der Waals surface area contributed by atoms with Gasteiger partial charge in [0.05, 0.1) is 0 Å². The first-order valence-corrected chi connectivity index (χ1v) is 4.99. The number of nitrogens with one attached hydrogen (secondary N) is 1. The zero-order valence-electron chi connectivity index (χ0n) is 9.22. The van der Waals surface area contributed by atoms with Crippen LogP contribution in [0.4, 0.5) is 4.79 Å². The zero-order valence-corrected chi connectivity index (χ0v) is 9.22. The monoisotopic (exact) mass is 235 g/mol. The molecule has 1 N–H and O–H groups in total. The van der Waals surface area contributed by atoms with Crippen LogP contribution in [-0.4, -0.2) is 12.1 Å². The van der Waals surface area contributed by atoms with Crippen LogP contribution in [0.1, 0.15) is 12.0 Å². The highest BCUT2D eigenvalue weighted by Gasteiger charge is 2.06. The number of hydroxylamine groups is 1. The number of amides is 1. The minimum absolute atomic E-state index is 0.0754. The van der Waals surface area contributed by atoms with Crippen LogP contribution >= 0.6 is 0 Å². The molecule has 0 heterocycles. The Morgan fingerprint density at radius 2 is 2.00 bits per heavy atom. The highest BCUT2D eigenvalue weighted by Crippen LogP contribution is 2.00. The molecule has 0 spiro atoms. The summed E-state index contributed by atoms with van der Waals surface area (Å²) in [6.07, 6.45) is 0.520. The summed E-state index contributed by atoms with van der Waals surface area (Å²) in [5.41, 5.74) is 2.77. The molecule has 0 saturated carbocycles. The normalized spacial score (nSPS) is 9.18. The Bertz CT molecular complexity index is 389. The second-order valence-corrected chi connectivity index (χ2v) is 3.14. The number of hydrogen-bond donors (Lipinski definition) is 1. The van der Waals surface area contributed by atoms with Crippen LogP contribution < -0.4 is 5.48 Å². The maximum atomic E-state index is 11.0.